The van der Waals surface area contributed by atoms with E-state index in [1.165, 1.54) is 0 Å². The number of H-pyrrole nitrogens is 1. The molecule has 3 heterocycles. The highest BCUT2D eigenvalue weighted by Gasteiger charge is 2.21. The molecule has 0 radical (unpaired) electrons. The van der Waals surface area contributed by atoms with E-state index in [9.17, 15) is 4.79 Å². The Morgan fingerprint density at radius 2 is 2.00 bits per heavy atom. The Morgan fingerprint density at radius 1 is 1.19 bits per heavy atom. The Kier molecular flexibility index (Phi) is 2.04. The Morgan fingerprint density at radius 3 is 2.75 bits per heavy atom. The van der Waals surface area contributed by atoms with Crippen molar-refractivity contribution in [3.8, 4) is 11.4 Å². The Balaban J connectivity index is 2.08. The number of pyridine rings is 1. The van der Waals surface area contributed by atoms with Crippen molar-refractivity contribution in [2.24, 2.45) is 0 Å². The summed E-state index contributed by atoms with van der Waals surface area (Å²) in [5, 5.41) is 3.02. The van der Waals surface area contributed by atoms with Gasteiger partial charge in [0.25, 0.3) is 0 Å². The summed E-state index contributed by atoms with van der Waals surface area (Å²) in [6.45, 7) is 1.03. The molecule has 16 heavy (non-hydrogen) atoms. The second-order valence-corrected chi connectivity index (χ2v) is 3.68. The molecule has 5 heteroatoms. The number of nitrogens with zero attached hydrogens (tertiary/aromatic N) is 2. The lowest BCUT2D eigenvalue weighted by Crippen LogP contribution is -2.29. The number of hydrogen-bond acceptors (Lipinski definition) is 4. The van der Waals surface area contributed by atoms with Crippen molar-refractivity contribution in [1.29, 1.82) is 0 Å². The molecule has 0 saturated heterocycles. The number of rotatable bonds is 1. The average Bonchev–Trinajstić information content (AvgIpc) is 2.76. The number of hydrogen-bond donors (Lipinski definition) is 2. The molecular weight excluding hydrogens is 204 g/mol. The first-order valence-corrected chi connectivity index (χ1v) is 5.08. The minimum absolute atomic E-state index is 0.0396. The lowest BCUT2D eigenvalue weighted by Gasteiger charge is -2.08. The molecule has 2 aromatic heterocycles. The van der Waals surface area contributed by atoms with Crippen LogP contribution in [0.3, 0.4) is 0 Å². The van der Waals surface area contributed by atoms with Crippen molar-refractivity contribution in [2.75, 3.05) is 6.54 Å². The van der Waals surface area contributed by atoms with E-state index in [1.54, 1.807) is 12.4 Å². The van der Waals surface area contributed by atoms with Crippen LogP contribution in [-0.2, 0) is 6.54 Å². The Labute approximate surface area is 91.9 Å². The molecule has 0 aliphatic carbocycles. The molecule has 1 aliphatic rings. The molecule has 0 atom stereocenters. The van der Waals surface area contributed by atoms with Gasteiger partial charge in [0.15, 0.2) is 5.78 Å². The predicted molar refractivity (Wildman–Crippen MR) is 57.9 cm³/mol. The highest BCUT2D eigenvalue weighted by atomic mass is 16.1. The lowest BCUT2D eigenvalue weighted by atomic mass is 10.2. The van der Waals surface area contributed by atoms with E-state index in [0.29, 0.717) is 18.8 Å². The Bertz CT molecular complexity index is 532. The van der Waals surface area contributed by atoms with Crippen LogP contribution < -0.4 is 5.32 Å². The van der Waals surface area contributed by atoms with Crippen LogP contribution in [0, 0.1) is 0 Å². The molecule has 0 aromatic carbocycles. The molecule has 0 bridgehead atoms. The smallest absolute Gasteiger partial charge is 0.196 e. The SMILES string of the molecule is O=C1CNCc2[nH]c(-c3ccncc3)nc21. The normalized spacial score (nSPS) is 14.9. The zero-order chi connectivity index (χ0) is 11.0. The fourth-order valence-corrected chi connectivity index (χ4v) is 1.80. The molecule has 5 nitrogen and oxygen atoms in total. The number of imidazole rings is 1. The fourth-order valence-electron chi connectivity index (χ4n) is 1.80. The second kappa shape index (κ2) is 3.53. The second-order valence-electron chi connectivity index (χ2n) is 3.68. The van der Waals surface area contributed by atoms with E-state index in [1.807, 2.05) is 12.1 Å². The molecule has 80 valence electrons. The van der Waals surface area contributed by atoms with Gasteiger partial charge in [-0.3, -0.25) is 9.78 Å². The maximum atomic E-state index is 11.6. The van der Waals surface area contributed by atoms with E-state index < -0.39 is 0 Å². The molecule has 0 unspecified atom stereocenters. The monoisotopic (exact) mass is 214 g/mol. The highest BCUT2D eigenvalue weighted by Crippen LogP contribution is 2.19. The van der Waals surface area contributed by atoms with E-state index in [0.717, 1.165) is 17.1 Å². The summed E-state index contributed by atoms with van der Waals surface area (Å²) in [6, 6.07) is 3.73. The van der Waals surface area contributed by atoms with Crippen molar-refractivity contribution < 1.29 is 4.79 Å². The van der Waals surface area contributed by atoms with Gasteiger partial charge in [-0.1, -0.05) is 0 Å². The van der Waals surface area contributed by atoms with Crippen LogP contribution in [0.2, 0.25) is 0 Å². The average molecular weight is 214 g/mol. The number of aromatic amines is 1. The third kappa shape index (κ3) is 1.42. The van der Waals surface area contributed by atoms with Gasteiger partial charge in [0.05, 0.1) is 12.2 Å². The van der Waals surface area contributed by atoms with Crippen LogP contribution in [-0.4, -0.2) is 27.3 Å². The van der Waals surface area contributed by atoms with Crippen molar-refractivity contribution in [1.82, 2.24) is 20.3 Å². The summed E-state index contributed by atoms with van der Waals surface area (Å²) in [7, 11) is 0. The van der Waals surface area contributed by atoms with Crippen LogP contribution in [0.15, 0.2) is 24.5 Å². The van der Waals surface area contributed by atoms with Crippen molar-refractivity contribution >= 4 is 5.78 Å². The summed E-state index contributed by atoms with van der Waals surface area (Å²) < 4.78 is 0. The molecule has 0 fully saturated rings. The topological polar surface area (TPSA) is 70.7 Å². The number of nitrogens with one attached hydrogen (secondary N) is 2. The molecule has 3 rings (SSSR count). The predicted octanol–water partition coefficient (Wildman–Crippen LogP) is 0.758. The highest BCUT2D eigenvalue weighted by molar-refractivity contribution is 5.98. The van der Waals surface area contributed by atoms with Crippen molar-refractivity contribution in [3.05, 3.63) is 35.9 Å². The van der Waals surface area contributed by atoms with Crippen LogP contribution in [0.5, 0.6) is 0 Å². The zero-order valence-corrected chi connectivity index (χ0v) is 8.53. The Hall–Kier alpha value is -2.01. The van der Waals surface area contributed by atoms with E-state index in [4.69, 9.17) is 0 Å². The molecule has 0 saturated carbocycles. The standard InChI is InChI=1S/C11H10N4O/c16-9-6-13-5-8-10(9)15-11(14-8)7-1-3-12-4-2-7/h1-4,13H,5-6H2,(H,14,15). The van der Waals surface area contributed by atoms with Gasteiger partial charge in [0, 0.05) is 24.5 Å². The van der Waals surface area contributed by atoms with Gasteiger partial charge in [0.2, 0.25) is 0 Å². The largest absolute Gasteiger partial charge is 0.340 e. The third-order valence-electron chi connectivity index (χ3n) is 2.58. The first-order chi connectivity index (χ1) is 7.84. The minimum atomic E-state index is 0.0396. The number of ketones is 1. The maximum Gasteiger partial charge on any atom is 0.196 e. The van der Waals surface area contributed by atoms with Gasteiger partial charge in [-0.25, -0.2) is 4.98 Å². The van der Waals surface area contributed by atoms with Gasteiger partial charge < -0.3 is 10.3 Å². The maximum absolute atomic E-state index is 11.6. The van der Waals surface area contributed by atoms with Gasteiger partial charge in [-0.2, -0.15) is 0 Å². The van der Waals surface area contributed by atoms with Crippen LogP contribution in [0.1, 0.15) is 16.2 Å². The molecule has 2 aromatic rings. The molecular formula is C11H10N4O. The van der Waals surface area contributed by atoms with Crippen LogP contribution >= 0.6 is 0 Å². The van der Waals surface area contributed by atoms with Gasteiger partial charge >= 0.3 is 0 Å². The van der Waals surface area contributed by atoms with E-state index >= 15 is 0 Å². The first kappa shape index (κ1) is 9.23. The summed E-state index contributed by atoms with van der Waals surface area (Å²) in [5.74, 6) is 0.766. The number of carbonyl (C=O) groups is 1. The van der Waals surface area contributed by atoms with Gasteiger partial charge in [-0.05, 0) is 12.1 Å². The lowest BCUT2D eigenvalue weighted by molar-refractivity contribution is 0.0977. The molecule has 0 spiro atoms. The molecule has 0 amide bonds. The fraction of sp³-hybridized carbons (Fsp3) is 0.182. The van der Waals surface area contributed by atoms with Crippen LogP contribution in [0.25, 0.3) is 11.4 Å². The molecule has 1 aliphatic heterocycles. The number of fused-ring (bicyclic) bond motifs is 1. The quantitative estimate of drug-likeness (QED) is 0.735. The third-order valence-corrected chi connectivity index (χ3v) is 2.58. The summed E-state index contributed by atoms with van der Waals surface area (Å²) >= 11 is 0. The van der Waals surface area contributed by atoms with E-state index in [-0.39, 0.29) is 5.78 Å². The summed E-state index contributed by atoms with van der Waals surface area (Å²) in [6.07, 6.45) is 3.41. The first-order valence-electron chi connectivity index (χ1n) is 5.08. The van der Waals surface area contributed by atoms with Gasteiger partial charge in [-0.15, -0.1) is 0 Å². The molecule has 2 N–H and O–H groups in total. The summed E-state index contributed by atoms with van der Waals surface area (Å²) in [5.41, 5.74) is 2.37. The van der Waals surface area contributed by atoms with Crippen molar-refractivity contribution in [3.63, 3.8) is 0 Å². The van der Waals surface area contributed by atoms with E-state index in [2.05, 4.69) is 20.3 Å². The minimum Gasteiger partial charge on any atom is -0.340 e. The van der Waals surface area contributed by atoms with Crippen molar-refractivity contribution in [2.45, 2.75) is 6.54 Å². The van der Waals surface area contributed by atoms with Gasteiger partial charge in [0.1, 0.15) is 11.5 Å². The number of aromatic nitrogens is 3. The number of carbonyl (C=O) groups excluding carboxylic acids is 1. The number of Topliss-reactive ketones (excluding diaryl/α,β-unsaturated/α-hetero) is 1. The van der Waals surface area contributed by atoms with Crippen LogP contribution in [0.4, 0.5) is 0 Å². The zero-order valence-electron chi connectivity index (χ0n) is 8.53. The summed E-state index contributed by atoms with van der Waals surface area (Å²) in [4.78, 5) is 23.0.